The van der Waals surface area contributed by atoms with Crippen molar-refractivity contribution in [3.63, 3.8) is 0 Å². The normalized spacial score (nSPS) is 11.0. The van der Waals surface area contributed by atoms with E-state index < -0.39 is 0 Å². The van der Waals surface area contributed by atoms with E-state index >= 15 is 0 Å². The van der Waals surface area contributed by atoms with Gasteiger partial charge < -0.3 is 10.2 Å². The summed E-state index contributed by atoms with van der Waals surface area (Å²) in [6.07, 6.45) is 5.31. The van der Waals surface area contributed by atoms with Crippen LogP contribution in [-0.4, -0.2) is 38.6 Å². The first-order valence-corrected chi connectivity index (χ1v) is 5.14. The van der Waals surface area contributed by atoms with Crippen molar-refractivity contribution in [2.24, 2.45) is 0 Å². The number of hydrogen-bond acceptors (Lipinski definition) is 2. The highest BCUT2D eigenvalue weighted by atomic mass is 15.1. The smallest absolute Gasteiger partial charge is 0.000969 e. The van der Waals surface area contributed by atoms with Gasteiger partial charge in [-0.25, -0.2) is 0 Å². The lowest BCUT2D eigenvalue weighted by Crippen LogP contribution is -2.23. The van der Waals surface area contributed by atoms with Crippen LogP contribution >= 0.6 is 0 Å². The fourth-order valence-electron chi connectivity index (χ4n) is 1.27. The molecule has 74 valence electrons. The van der Waals surface area contributed by atoms with E-state index in [1.807, 2.05) is 7.05 Å². The SMILES string of the molecule is CCCCCN(C)CCCNC. The highest BCUT2D eigenvalue weighted by Crippen LogP contribution is 1.96. The molecule has 0 aromatic rings. The Morgan fingerprint density at radius 1 is 1.08 bits per heavy atom. The number of nitrogens with zero attached hydrogens (tertiary/aromatic N) is 1. The van der Waals surface area contributed by atoms with Gasteiger partial charge in [0.05, 0.1) is 0 Å². The molecular formula is C10H24N2. The Morgan fingerprint density at radius 2 is 1.75 bits per heavy atom. The fraction of sp³-hybridized carbons (Fsp3) is 1.00. The Hall–Kier alpha value is -0.0800. The van der Waals surface area contributed by atoms with Crippen molar-refractivity contribution in [1.29, 1.82) is 0 Å². The van der Waals surface area contributed by atoms with Gasteiger partial charge >= 0.3 is 0 Å². The van der Waals surface area contributed by atoms with Gasteiger partial charge in [0.2, 0.25) is 0 Å². The largest absolute Gasteiger partial charge is 0.320 e. The molecule has 0 aliphatic heterocycles. The third-order valence-electron chi connectivity index (χ3n) is 2.11. The van der Waals surface area contributed by atoms with Gasteiger partial charge in [0, 0.05) is 0 Å². The van der Waals surface area contributed by atoms with E-state index in [-0.39, 0.29) is 0 Å². The van der Waals surface area contributed by atoms with Gasteiger partial charge in [-0.05, 0) is 46.6 Å². The predicted molar refractivity (Wildman–Crippen MR) is 55.6 cm³/mol. The van der Waals surface area contributed by atoms with Crippen LogP contribution in [0.5, 0.6) is 0 Å². The molecule has 0 heterocycles. The van der Waals surface area contributed by atoms with Crippen LogP contribution in [-0.2, 0) is 0 Å². The number of unbranched alkanes of at least 4 members (excludes halogenated alkanes) is 2. The van der Waals surface area contributed by atoms with Crippen molar-refractivity contribution in [2.75, 3.05) is 33.7 Å². The molecule has 0 aliphatic rings. The molecule has 0 amide bonds. The molecule has 0 aliphatic carbocycles. The molecule has 2 nitrogen and oxygen atoms in total. The molecule has 0 saturated heterocycles. The summed E-state index contributed by atoms with van der Waals surface area (Å²) < 4.78 is 0. The van der Waals surface area contributed by atoms with E-state index in [4.69, 9.17) is 0 Å². The first-order chi connectivity index (χ1) is 5.81. The molecule has 1 N–H and O–H groups in total. The monoisotopic (exact) mass is 172 g/mol. The highest BCUT2D eigenvalue weighted by molar-refractivity contribution is 4.52. The Labute approximate surface area is 77.3 Å². The molecule has 2 heteroatoms. The van der Waals surface area contributed by atoms with Gasteiger partial charge in [-0.3, -0.25) is 0 Å². The quantitative estimate of drug-likeness (QED) is 0.561. The summed E-state index contributed by atoms with van der Waals surface area (Å²) in [5, 5.41) is 3.16. The molecule has 0 unspecified atom stereocenters. The second-order valence-corrected chi connectivity index (χ2v) is 3.47. The Balaban J connectivity index is 3.04. The van der Waals surface area contributed by atoms with Gasteiger partial charge in [0.15, 0.2) is 0 Å². The maximum absolute atomic E-state index is 3.16. The summed E-state index contributed by atoms with van der Waals surface area (Å²) in [7, 11) is 4.22. The minimum atomic E-state index is 1.14. The van der Waals surface area contributed by atoms with Crippen LogP contribution in [0, 0.1) is 0 Å². The molecule has 0 aromatic carbocycles. The summed E-state index contributed by atoms with van der Waals surface area (Å²) in [5.74, 6) is 0. The van der Waals surface area contributed by atoms with Crippen molar-refractivity contribution in [3.8, 4) is 0 Å². The van der Waals surface area contributed by atoms with Crippen molar-refractivity contribution in [2.45, 2.75) is 32.6 Å². The average Bonchev–Trinajstić information content (AvgIpc) is 2.06. The molecule has 12 heavy (non-hydrogen) atoms. The molecule has 0 radical (unpaired) electrons. The van der Waals surface area contributed by atoms with Crippen molar-refractivity contribution in [1.82, 2.24) is 10.2 Å². The zero-order valence-corrected chi connectivity index (χ0v) is 8.90. The van der Waals surface area contributed by atoms with Gasteiger partial charge in [-0.1, -0.05) is 19.8 Å². The second-order valence-electron chi connectivity index (χ2n) is 3.47. The Bertz CT molecular complexity index is 73.9. The molecule has 0 saturated carbocycles. The van der Waals surface area contributed by atoms with Gasteiger partial charge in [0.25, 0.3) is 0 Å². The lowest BCUT2D eigenvalue weighted by molar-refractivity contribution is 0.320. The van der Waals surface area contributed by atoms with Crippen LogP contribution in [0.2, 0.25) is 0 Å². The summed E-state index contributed by atoms with van der Waals surface area (Å²) >= 11 is 0. The van der Waals surface area contributed by atoms with Crippen LogP contribution in [0.25, 0.3) is 0 Å². The number of hydrogen-bond donors (Lipinski definition) is 1. The van der Waals surface area contributed by atoms with Crippen molar-refractivity contribution < 1.29 is 0 Å². The third kappa shape index (κ3) is 8.02. The molecule has 0 aromatic heterocycles. The first kappa shape index (κ1) is 11.9. The minimum Gasteiger partial charge on any atom is -0.320 e. The first-order valence-electron chi connectivity index (χ1n) is 5.14. The molecule has 0 fully saturated rings. The standard InChI is InChI=1S/C10H24N2/c1-4-5-6-9-12(3)10-7-8-11-2/h11H,4-10H2,1-3H3. The van der Waals surface area contributed by atoms with Crippen molar-refractivity contribution >= 4 is 0 Å². The van der Waals surface area contributed by atoms with E-state index in [0.717, 1.165) is 6.54 Å². The summed E-state index contributed by atoms with van der Waals surface area (Å²) in [6, 6.07) is 0. The molecule has 0 atom stereocenters. The fourth-order valence-corrected chi connectivity index (χ4v) is 1.27. The van der Waals surface area contributed by atoms with Crippen LogP contribution < -0.4 is 5.32 Å². The minimum absolute atomic E-state index is 1.14. The van der Waals surface area contributed by atoms with Crippen LogP contribution in [0.4, 0.5) is 0 Å². The summed E-state index contributed by atoms with van der Waals surface area (Å²) in [4.78, 5) is 2.42. The zero-order chi connectivity index (χ0) is 9.23. The Kier molecular flexibility index (Phi) is 8.95. The van der Waals surface area contributed by atoms with E-state index in [2.05, 4.69) is 24.2 Å². The molecule has 0 rings (SSSR count). The molecule has 0 bridgehead atoms. The Morgan fingerprint density at radius 3 is 2.33 bits per heavy atom. The van der Waals surface area contributed by atoms with Crippen LogP contribution in [0.1, 0.15) is 32.6 Å². The van der Waals surface area contributed by atoms with Gasteiger partial charge in [-0.15, -0.1) is 0 Å². The highest BCUT2D eigenvalue weighted by Gasteiger charge is 1.95. The second kappa shape index (κ2) is 9.01. The maximum atomic E-state index is 3.16. The van der Waals surface area contributed by atoms with E-state index in [1.165, 1.54) is 38.8 Å². The zero-order valence-electron chi connectivity index (χ0n) is 8.90. The number of rotatable bonds is 8. The van der Waals surface area contributed by atoms with Gasteiger partial charge in [-0.2, -0.15) is 0 Å². The van der Waals surface area contributed by atoms with Crippen LogP contribution in [0.15, 0.2) is 0 Å². The van der Waals surface area contributed by atoms with E-state index in [0.29, 0.717) is 0 Å². The lowest BCUT2D eigenvalue weighted by Gasteiger charge is -2.15. The van der Waals surface area contributed by atoms with Gasteiger partial charge in [0.1, 0.15) is 0 Å². The lowest BCUT2D eigenvalue weighted by atomic mass is 10.2. The maximum Gasteiger partial charge on any atom is -0.000969 e. The topological polar surface area (TPSA) is 15.3 Å². The average molecular weight is 172 g/mol. The molecular weight excluding hydrogens is 148 g/mol. The number of nitrogens with one attached hydrogen (secondary N) is 1. The van der Waals surface area contributed by atoms with E-state index in [9.17, 15) is 0 Å². The van der Waals surface area contributed by atoms with Crippen LogP contribution in [0.3, 0.4) is 0 Å². The third-order valence-corrected chi connectivity index (χ3v) is 2.11. The molecule has 0 spiro atoms. The van der Waals surface area contributed by atoms with Crippen molar-refractivity contribution in [3.05, 3.63) is 0 Å². The predicted octanol–water partition coefficient (Wildman–Crippen LogP) is 1.72. The van der Waals surface area contributed by atoms with E-state index in [1.54, 1.807) is 0 Å². The summed E-state index contributed by atoms with van der Waals surface area (Å²) in [6.45, 7) is 5.88. The summed E-state index contributed by atoms with van der Waals surface area (Å²) in [5.41, 5.74) is 0.